The van der Waals surface area contributed by atoms with Crippen molar-refractivity contribution in [1.82, 2.24) is 30.3 Å². The van der Waals surface area contributed by atoms with Crippen LogP contribution in [0.4, 0.5) is 10.7 Å². The van der Waals surface area contributed by atoms with Crippen molar-refractivity contribution in [3.8, 4) is 0 Å². The molecular formula is C34H37N7O3S. The van der Waals surface area contributed by atoms with E-state index in [0.29, 0.717) is 36.8 Å². The summed E-state index contributed by atoms with van der Waals surface area (Å²) in [4.78, 5) is 26.3. The lowest BCUT2D eigenvalue weighted by Crippen LogP contribution is -2.37. The number of nitrogens with one attached hydrogen (secondary N) is 5. The maximum absolute atomic E-state index is 13.8. The van der Waals surface area contributed by atoms with E-state index in [2.05, 4.69) is 25.7 Å². The van der Waals surface area contributed by atoms with Gasteiger partial charge in [0.15, 0.2) is 0 Å². The zero-order valence-corrected chi connectivity index (χ0v) is 26.1. The van der Waals surface area contributed by atoms with E-state index in [0.717, 1.165) is 51.6 Å². The number of sulfonamides is 1. The second-order valence-corrected chi connectivity index (χ2v) is 14.2. The van der Waals surface area contributed by atoms with Crippen molar-refractivity contribution in [3.63, 3.8) is 0 Å². The molecule has 232 valence electrons. The largest absolute Gasteiger partial charge is 0.349 e. The third-order valence-electron chi connectivity index (χ3n) is 8.54. The van der Waals surface area contributed by atoms with E-state index in [1.54, 1.807) is 6.07 Å². The van der Waals surface area contributed by atoms with Gasteiger partial charge in [-0.3, -0.25) is 4.98 Å². The zero-order chi connectivity index (χ0) is 31.1. The number of hydrogen-bond donors (Lipinski definition) is 5. The lowest BCUT2D eigenvalue weighted by Gasteiger charge is -2.19. The van der Waals surface area contributed by atoms with Gasteiger partial charge in [-0.05, 0) is 66.1 Å². The first-order valence-corrected chi connectivity index (χ1v) is 17.0. The molecule has 0 bridgehead atoms. The number of aromatic nitrogens is 3. The Labute approximate surface area is 262 Å². The molecular weight excluding hydrogens is 586 g/mol. The number of para-hydroxylation sites is 2. The first-order valence-electron chi connectivity index (χ1n) is 15.5. The molecule has 0 saturated heterocycles. The van der Waals surface area contributed by atoms with Gasteiger partial charge in [0, 0.05) is 41.7 Å². The Bertz CT molecular complexity index is 1950. The quantitative estimate of drug-likeness (QED) is 0.129. The second-order valence-electron chi connectivity index (χ2n) is 12.5. The molecule has 0 radical (unpaired) electrons. The molecule has 5 aromatic rings. The third-order valence-corrected chi connectivity index (χ3v) is 10.0. The molecule has 1 saturated carbocycles. The van der Waals surface area contributed by atoms with Crippen molar-refractivity contribution < 1.29 is 13.2 Å². The number of H-pyrrole nitrogens is 1. The highest BCUT2D eigenvalue weighted by atomic mass is 32.2. The minimum atomic E-state index is -3.86. The number of fused-ring (bicyclic) bond motifs is 4. The highest BCUT2D eigenvalue weighted by molar-refractivity contribution is 7.89. The predicted octanol–water partition coefficient (Wildman–Crippen LogP) is 6.02. The van der Waals surface area contributed by atoms with Gasteiger partial charge in [-0.1, -0.05) is 56.3 Å². The monoisotopic (exact) mass is 623 g/mol. The average Bonchev–Trinajstić information content (AvgIpc) is 3.72. The fraction of sp³-hybridized carbons (Fsp3) is 0.324. The number of rotatable bonds is 10. The molecule has 7 rings (SSSR count). The first kappa shape index (κ1) is 29.2. The molecule has 45 heavy (non-hydrogen) atoms. The van der Waals surface area contributed by atoms with Crippen LogP contribution in [0.15, 0.2) is 77.8 Å². The van der Waals surface area contributed by atoms with E-state index in [1.807, 2.05) is 80.7 Å². The van der Waals surface area contributed by atoms with Crippen LogP contribution in [-0.2, 0) is 16.6 Å². The van der Waals surface area contributed by atoms with Crippen molar-refractivity contribution in [2.24, 2.45) is 5.92 Å². The number of anilines is 1. The molecule has 0 spiro atoms. The maximum atomic E-state index is 13.8. The number of benzene rings is 3. The Morgan fingerprint density at radius 2 is 1.78 bits per heavy atom. The predicted molar refractivity (Wildman–Crippen MR) is 175 cm³/mol. The fourth-order valence-corrected chi connectivity index (χ4v) is 7.57. The van der Waals surface area contributed by atoms with E-state index in [-0.39, 0.29) is 22.9 Å². The molecule has 2 aliphatic rings. The van der Waals surface area contributed by atoms with Crippen molar-refractivity contribution in [1.29, 1.82) is 0 Å². The van der Waals surface area contributed by atoms with Crippen LogP contribution in [0.25, 0.3) is 21.8 Å². The van der Waals surface area contributed by atoms with Crippen LogP contribution in [0.3, 0.4) is 0 Å². The number of pyridine rings is 1. The zero-order valence-electron chi connectivity index (χ0n) is 25.3. The van der Waals surface area contributed by atoms with Crippen LogP contribution in [-0.4, -0.2) is 35.9 Å². The Morgan fingerprint density at radius 3 is 2.53 bits per heavy atom. The third kappa shape index (κ3) is 6.10. The van der Waals surface area contributed by atoms with Gasteiger partial charge < -0.3 is 20.9 Å². The highest BCUT2D eigenvalue weighted by Gasteiger charge is 2.37. The molecule has 3 aromatic carbocycles. The van der Waals surface area contributed by atoms with Crippen molar-refractivity contribution in [2.75, 3.05) is 11.9 Å². The SMILES string of the molecule is CC(C)CNS(=O)(=O)c1cc2c(c3cnc(C4CC4)cc13)[C@H](Nc1nc3ccccc3[nH]1)C[C@H]2NC(=O)NCc1ccccc1. The van der Waals surface area contributed by atoms with E-state index in [1.165, 1.54) is 0 Å². The minimum Gasteiger partial charge on any atom is -0.349 e. The Balaban J connectivity index is 1.30. The second kappa shape index (κ2) is 11.8. The number of carbonyl (C=O) groups is 1. The average molecular weight is 624 g/mol. The van der Waals surface area contributed by atoms with Gasteiger partial charge in [0.1, 0.15) is 0 Å². The standard InChI is InChI=1S/C34H37N7O3S/c1-20(2)17-37-45(43,44)31-15-24-29(41-34(42)36-18-21-8-4-3-5-9-21)16-30(40-33-38-26-10-6-7-11-27(26)39-33)32(24)25-19-35-28(14-23(25)31)22-12-13-22/h3-11,14-15,19-20,22,29-30,37H,12-13,16-18H2,1-2H3,(H2,36,41,42)(H2,38,39,40)/t29-,30-/m1/s1. The van der Waals surface area contributed by atoms with Gasteiger partial charge in [0.05, 0.1) is 28.0 Å². The summed E-state index contributed by atoms with van der Waals surface area (Å²) in [6.45, 7) is 4.64. The summed E-state index contributed by atoms with van der Waals surface area (Å²) in [6.07, 6.45) is 4.41. The first-order chi connectivity index (χ1) is 21.7. The van der Waals surface area contributed by atoms with Crippen LogP contribution < -0.4 is 20.7 Å². The molecule has 11 heteroatoms. The van der Waals surface area contributed by atoms with Crippen molar-refractivity contribution >= 4 is 43.8 Å². The van der Waals surface area contributed by atoms with Gasteiger partial charge in [-0.15, -0.1) is 0 Å². The molecule has 0 aliphatic heterocycles. The summed E-state index contributed by atoms with van der Waals surface area (Å²) < 4.78 is 30.5. The summed E-state index contributed by atoms with van der Waals surface area (Å²) in [6, 6.07) is 20.2. The van der Waals surface area contributed by atoms with E-state index in [4.69, 9.17) is 9.97 Å². The van der Waals surface area contributed by atoms with E-state index in [9.17, 15) is 13.2 Å². The molecule has 2 amide bonds. The molecule has 5 N–H and O–H groups in total. The summed E-state index contributed by atoms with van der Waals surface area (Å²) in [7, 11) is -3.86. The number of nitrogens with zero attached hydrogens (tertiary/aromatic N) is 2. The number of amides is 2. The lowest BCUT2D eigenvalue weighted by atomic mass is 9.98. The van der Waals surface area contributed by atoms with Gasteiger partial charge in [0.2, 0.25) is 16.0 Å². The molecule has 2 aliphatic carbocycles. The molecule has 0 unspecified atom stereocenters. The normalized spacial score (nSPS) is 17.9. The maximum Gasteiger partial charge on any atom is 0.315 e. The number of carbonyl (C=O) groups excluding carboxylic acids is 1. The van der Waals surface area contributed by atoms with Gasteiger partial charge in [-0.2, -0.15) is 0 Å². The van der Waals surface area contributed by atoms with Crippen LogP contribution in [0.1, 0.15) is 73.5 Å². The Kier molecular flexibility index (Phi) is 7.66. The van der Waals surface area contributed by atoms with Crippen LogP contribution >= 0.6 is 0 Å². The Morgan fingerprint density at radius 1 is 1.00 bits per heavy atom. The van der Waals surface area contributed by atoms with E-state index < -0.39 is 16.1 Å². The summed E-state index contributed by atoms with van der Waals surface area (Å²) in [5.74, 6) is 1.10. The fourth-order valence-electron chi connectivity index (χ4n) is 6.12. The summed E-state index contributed by atoms with van der Waals surface area (Å²) >= 11 is 0. The Hall–Kier alpha value is -4.48. The number of urea groups is 1. The highest BCUT2D eigenvalue weighted by Crippen LogP contribution is 2.47. The minimum absolute atomic E-state index is 0.143. The number of hydrogen-bond acceptors (Lipinski definition) is 6. The number of aromatic amines is 1. The number of imidazole rings is 1. The van der Waals surface area contributed by atoms with Gasteiger partial charge in [-0.25, -0.2) is 22.9 Å². The summed E-state index contributed by atoms with van der Waals surface area (Å²) in [5, 5.41) is 11.0. The van der Waals surface area contributed by atoms with Crippen LogP contribution in [0, 0.1) is 5.92 Å². The molecule has 10 nitrogen and oxygen atoms in total. The molecule has 2 aromatic heterocycles. The molecule has 1 fully saturated rings. The summed E-state index contributed by atoms with van der Waals surface area (Å²) in [5.41, 5.74) is 5.31. The van der Waals surface area contributed by atoms with Gasteiger partial charge >= 0.3 is 6.03 Å². The van der Waals surface area contributed by atoms with Crippen molar-refractivity contribution in [2.45, 2.75) is 62.6 Å². The lowest BCUT2D eigenvalue weighted by molar-refractivity contribution is 0.236. The molecule has 2 heterocycles. The van der Waals surface area contributed by atoms with Crippen LogP contribution in [0.5, 0.6) is 0 Å². The van der Waals surface area contributed by atoms with E-state index >= 15 is 0 Å². The molecule has 2 atom stereocenters. The smallest absolute Gasteiger partial charge is 0.315 e. The van der Waals surface area contributed by atoms with Gasteiger partial charge in [0.25, 0.3) is 0 Å². The van der Waals surface area contributed by atoms with Crippen LogP contribution in [0.2, 0.25) is 0 Å². The topological polar surface area (TPSA) is 141 Å². The van der Waals surface area contributed by atoms with Crippen molar-refractivity contribution in [3.05, 3.63) is 95.3 Å².